The van der Waals surface area contributed by atoms with Gasteiger partial charge in [-0.25, -0.2) is 9.80 Å². The van der Waals surface area contributed by atoms with Crippen LogP contribution in [0.4, 0.5) is 0 Å². The van der Waals surface area contributed by atoms with Crippen molar-refractivity contribution in [1.82, 2.24) is 10.0 Å². The normalized spacial score (nSPS) is 27.7. The number of likely N-dealkylation sites (N-methyl/N-ethyl adjacent to an activating group) is 2. The lowest BCUT2D eigenvalue weighted by Gasteiger charge is -2.30. The molecule has 1 saturated carbocycles. The Morgan fingerprint density at radius 2 is 2.20 bits per heavy atom. The number of hydrazine groups is 1. The van der Waals surface area contributed by atoms with E-state index in [9.17, 15) is 4.79 Å². The number of hydrogen-bond donors (Lipinski definition) is 1. The van der Waals surface area contributed by atoms with E-state index in [0.29, 0.717) is 17.7 Å². The lowest BCUT2D eigenvalue weighted by atomic mass is 10.1. The van der Waals surface area contributed by atoms with E-state index in [4.69, 9.17) is 5.11 Å². The summed E-state index contributed by atoms with van der Waals surface area (Å²) in [6.45, 7) is 2.93. The summed E-state index contributed by atoms with van der Waals surface area (Å²) in [4.78, 5) is 11.1. The summed E-state index contributed by atoms with van der Waals surface area (Å²) in [6.07, 6.45) is 2.46. The van der Waals surface area contributed by atoms with Gasteiger partial charge in [-0.1, -0.05) is 6.92 Å². The fourth-order valence-corrected chi connectivity index (χ4v) is 3.66. The maximum absolute atomic E-state index is 11.1. The largest absolute Gasteiger partial charge is 0.477 e. The van der Waals surface area contributed by atoms with Crippen molar-refractivity contribution in [1.29, 1.82) is 0 Å². The van der Waals surface area contributed by atoms with Gasteiger partial charge in [0.05, 0.1) is 6.04 Å². The second kappa shape index (κ2) is 3.93. The second-order valence-electron chi connectivity index (χ2n) is 4.06. The Morgan fingerprint density at radius 1 is 1.60 bits per heavy atom. The fourth-order valence-electron chi connectivity index (χ4n) is 2.25. The predicted molar refractivity (Wildman–Crippen MR) is 65.3 cm³/mol. The van der Waals surface area contributed by atoms with E-state index in [1.165, 1.54) is 12.8 Å². The highest BCUT2D eigenvalue weighted by Crippen LogP contribution is 2.45. The van der Waals surface area contributed by atoms with Crippen LogP contribution in [0.3, 0.4) is 0 Å². The quantitative estimate of drug-likeness (QED) is 0.803. The van der Waals surface area contributed by atoms with Crippen LogP contribution in [0, 0.1) is 5.92 Å². The predicted octanol–water partition coefficient (Wildman–Crippen LogP) is 1.68. The van der Waals surface area contributed by atoms with Crippen molar-refractivity contribution >= 4 is 28.6 Å². The molecule has 0 spiro atoms. The molecule has 1 aliphatic carbocycles. The summed E-state index contributed by atoms with van der Waals surface area (Å²) in [5, 5.41) is 13.1. The summed E-state index contributed by atoms with van der Waals surface area (Å²) in [7, 11) is 1.84. The van der Waals surface area contributed by atoms with Crippen molar-refractivity contribution in [2.24, 2.45) is 5.92 Å². The summed E-state index contributed by atoms with van der Waals surface area (Å²) in [5.74, 6) is -0.153. The van der Waals surface area contributed by atoms with Crippen molar-refractivity contribution in [2.45, 2.75) is 25.8 Å². The smallest absolute Gasteiger partial charge is 0.354 e. The Kier molecular flexibility index (Phi) is 2.94. The van der Waals surface area contributed by atoms with Crippen molar-refractivity contribution in [3.8, 4) is 0 Å². The standard InChI is InChI=1S/C10H15IN2O2/c1-3-13-8(6-4-5-6)7(11)9(10(14)15)12(13)2/h6,8H,3-5H2,1-2H3,(H,14,15). The van der Waals surface area contributed by atoms with Gasteiger partial charge < -0.3 is 10.1 Å². The maximum Gasteiger partial charge on any atom is 0.354 e. The number of hydrogen-bond acceptors (Lipinski definition) is 3. The first-order chi connectivity index (χ1) is 7.07. The highest BCUT2D eigenvalue weighted by molar-refractivity contribution is 14.1. The van der Waals surface area contributed by atoms with E-state index < -0.39 is 5.97 Å². The third-order valence-corrected chi connectivity index (χ3v) is 4.26. The molecule has 0 bridgehead atoms. The van der Waals surface area contributed by atoms with Crippen LogP contribution in [-0.2, 0) is 4.79 Å². The minimum atomic E-state index is -0.816. The van der Waals surface area contributed by atoms with Crippen LogP contribution < -0.4 is 0 Å². The van der Waals surface area contributed by atoms with E-state index in [-0.39, 0.29) is 0 Å². The summed E-state index contributed by atoms with van der Waals surface area (Å²) >= 11 is 2.20. The van der Waals surface area contributed by atoms with Crippen LogP contribution in [0.25, 0.3) is 0 Å². The van der Waals surface area contributed by atoms with E-state index in [0.717, 1.165) is 10.1 Å². The van der Waals surface area contributed by atoms with Crippen LogP contribution in [0.1, 0.15) is 19.8 Å². The SMILES string of the molecule is CCN1C(C2CC2)C(I)=C(C(=O)O)N1C. The first-order valence-corrected chi connectivity index (χ1v) is 6.29. The molecule has 2 rings (SSSR count). The fraction of sp³-hybridized carbons (Fsp3) is 0.700. The zero-order chi connectivity index (χ0) is 11.2. The minimum Gasteiger partial charge on any atom is -0.477 e. The van der Waals surface area contributed by atoms with Gasteiger partial charge in [-0.3, -0.25) is 0 Å². The Balaban J connectivity index is 2.32. The zero-order valence-electron chi connectivity index (χ0n) is 8.90. The average Bonchev–Trinajstić information content (AvgIpc) is 2.92. The Hall–Kier alpha value is -0.300. The number of rotatable bonds is 3. The topological polar surface area (TPSA) is 43.8 Å². The Labute approximate surface area is 103 Å². The average molecular weight is 322 g/mol. The molecule has 0 radical (unpaired) electrons. The Bertz CT molecular complexity index is 325. The second-order valence-corrected chi connectivity index (χ2v) is 5.23. The number of halogens is 1. The summed E-state index contributed by atoms with van der Waals surface area (Å²) in [5.41, 5.74) is 0.453. The minimum absolute atomic E-state index is 0.312. The zero-order valence-corrected chi connectivity index (χ0v) is 11.1. The van der Waals surface area contributed by atoms with Gasteiger partial charge in [-0.05, 0) is 41.4 Å². The van der Waals surface area contributed by atoms with Crippen LogP contribution in [0.5, 0.6) is 0 Å². The van der Waals surface area contributed by atoms with Crippen LogP contribution >= 0.6 is 22.6 Å². The van der Waals surface area contributed by atoms with Crippen LogP contribution in [-0.4, -0.2) is 40.7 Å². The third-order valence-electron chi connectivity index (χ3n) is 3.11. The Morgan fingerprint density at radius 3 is 2.60 bits per heavy atom. The first-order valence-electron chi connectivity index (χ1n) is 5.21. The van der Waals surface area contributed by atoms with E-state index in [2.05, 4.69) is 34.5 Å². The number of aliphatic carboxylic acids is 1. The molecule has 5 heteroatoms. The van der Waals surface area contributed by atoms with E-state index in [1.54, 1.807) is 5.01 Å². The van der Waals surface area contributed by atoms with Crippen molar-refractivity contribution < 1.29 is 9.90 Å². The number of carboxylic acids is 1. The van der Waals surface area contributed by atoms with Crippen molar-refractivity contribution in [3.05, 3.63) is 9.28 Å². The molecule has 0 aromatic rings. The molecule has 1 heterocycles. The first kappa shape index (κ1) is 11.2. The monoisotopic (exact) mass is 322 g/mol. The van der Waals surface area contributed by atoms with Gasteiger partial charge in [-0.2, -0.15) is 0 Å². The molecule has 1 unspecified atom stereocenters. The van der Waals surface area contributed by atoms with Gasteiger partial charge >= 0.3 is 5.97 Å². The lowest BCUT2D eigenvalue weighted by Crippen LogP contribution is -2.42. The van der Waals surface area contributed by atoms with Gasteiger partial charge in [-0.15, -0.1) is 0 Å². The van der Waals surface area contributed by atoms with Crippen molar-refractivity contribution in [3.63, 3.8) is 0 Å². The molecular weight excluding hydrogens is 307 g/mol. The highest BCUT2D eigenvalue weighted by Gasteiger charge is 2.45. The highest BCUT2D eigenvalue weighted by atomic mass is 127. The molecule has 0 aromatic heterocycles. The lowest BCUT2D eigenvalue weighted by molar-refractivity contribution is -0.136. The van der Waals surface area contributed by atoms with Gasteiger partial charge in [0.15, 0.2) is 0 Å². The molecule has 1 N–H and O–H groups in total. The summed E-state index contributed by atoms with van der Waals surface area (Å²) < 4.78 is 0.993. The van der Waals surface area contributed by atoms with Crippen LogP contribution in [0.15, 0.2) is 9.28 Å². The number of nitrogens with zero attached hydrogens (tertiary/aromatic N) is 2. The van der Waals surface area contributed by atoms with Gasteiger partial charge in [0.2, 0.25) is 0 Å². The number of carbonyl (C=O) groups is 1. The van der Waals surface area contributed by atoms with E-state index in [1.807, 2.05) is 7.05 Å². The van der Waals surface area contributed by atoms with Gasteiger partial charge in [0.25, 0.3) is 0 Å². The molecule has 0 aromatic carbocycles. The van der Waals surface area contributed by atoms with Crippen LogP contribution in [0.2, 0.25) is 0 Å². The van der Waals surface area contributed by atoms with Crippen molar-refractivity contribution in [2.75, 3.05) is 13.6 Å². The molecule has 1 aliphatic heterocycles. The molecular formula is C10H15IN2O2. The van der Waals surface area contributed by atoms with Gasteiger partial charge in [0, 0.05) is 17.2 Å². The van der Waals surface area contributed by atoms with E-state index >= 15 is 0 Å². The molecule has 4 nitrogen and oxygen atoms in total. The molecule has 15 heavy (non-hydrogen) atoms. The molecule has 1 atom stereocenters. The maximum atomic E-state index is 11.1. The molecule has 0 saturated heterocycles. The van der Waals surface area contributed by atoms with Gasteiger partial charge in [0.1, 0.15) is 5.70 Å². The molecule has 0 amide bonds. The molecule has 84 valence electrons. The molecule has 2 aliphatic rings. The number of carboxylic acid groups (broad SMARTS) is 1. The molecule has 1 fully saturated rings. The summed E-state index contributed by atoms with van der Waals surface area (Å²) in [6, 6.07) is 0.312. The third kappa shape index (κ3) is 1.75.